The molecule has 0 radical (unpaired) electrons. The van der Waals surface area contributed by atoms with Crippen LogP contribution >= 0.6 is 0 Å². The van der Waals surface area contributed by atoms with Gasteiger partial charge in [-0.05, 0) is 24.6 Å². The van der Waals surface area contributed by atoms with Crippen LogP contribution in [0.1, 0.15) is 44.2 Å². The number of nitrogens with zero attached hydrogens (tertiary/aromatic N) is 1. The van der Waals surface area contributed by atoms with Crippen LogP contribution < -0.4 is 10.2 Å². The first-order valence-electron chi connectivity index (χ1n) is 6.83. The van der Waals surface area contributed by atoms with E-state index in [1.807, 2.05) is 25.2 Å². The number of carbonyl (C=O) groups is 1. The molecule has 1 aromatic carbocycles. The third kappa shape index (κ3) is 2.72. The highest BCUT2D eigenvalue weighted by Crippen LogP contribution is 2.33. The molecule has 98 valence electrons. The number of para-hydroxylation sites is 1. The molecular formula is C15H22N2O. The Morgan fingerprint density at radius 1 is 1.33 bits per heavy atom. The van der Waals surface area contributed by atoms with Crippen LogP contribution in [0.2, 0.25) is 0 Å². The smallest absolute Gasteiger partial charge is 0.228 e. The number of unbranched alkanes of at least 4 members (excludes halogenated alkanes) is 2. The Bertz CT molecular complexity index is 417. The summed E-state index contributed by atoms with van der Waals surface area (Å²) in [7, 11) is 1.86. The fraction of sp³-hybridized carbons (Fsp3) is 0.533. The van der Waals surface area contributed by atoms with Crippen LogP contribution in [0.4, 0.5) is 5.69 Å². The predicted octanol–water partition coefficient (Wildman–Crippen LogP) is 2.87. The number of anilines is 1. The zero-order valence-electron chi connectivity index (χ0n) is 11.3. The molecule has 0 fully saturated rings. The topological polar surface area (TPSA) is 32.3 Å². The Labute approximate surface area is 109 Å². The van der Waals surface area contributed by atoms with Crippen LogP contribution in [0, 0.1) is 0 Å². The van der Waals surface area contributed by atoms with Crippen molar-refractivity contribution in [3.05, 3.63) is 29.8 Å². The van der Waals surface area contributed by atoms with Gasteiger partial charge >= 0.3 is 0 Å². The molecule has 1 unspecified atom stereocenters. The number of hydrogen-bond acceptors (Lipinski definition) is 2. The van der Waals surface area contributed by atoms with Crippen LogP contribution in [0.15, 0.2) is 24.3 Å². The zero-order valence-corrected chi connectivity index (χ0v) is 11.3. The molecule has 1 atom stereocenters. The fourth-order valence-electron chi connectivity index (χ4n) is 2.48. The lowest BCUT2D eigenvalue weighted by atomic mass is 9.96. The molecule has 1 heterocycles. The summed E-state index contributed by atoms with van der Waals surface area (Å²) in [6.07, 6.45) is 4.22. The molecule has 3 nitrogen and oxygen atoms in total. The van der Waals surface area contributed by atoms with Crippen molar-refractivity contribution in [2.24, 2.45) is 0 Å². The maximum absolute atomic E-state index is 11.9. The van der Waals surface area contributed by atoms with Crippen molar-refractivity contribution in [1.29, 1.82) is 0 Å². The van der Waals surface area contributed by atoms with Gasteiger partial charge in [-0.3, -0.25) is 4.79 Å². The molecule has 3 heteroatoms. The molecule has 1 aliphatic heterocycles. The monoisotopic (exact) mass is 246 g/mol. The normalized spacial score (nSPS) is 18.9. The molecule has 2 rings (SSSR count). The van der Waals surface area contributed by atoms with Crippen molar-refractivity contribution < 1.29 is 4.79 Å². The average molecular weight is 246 g/mol. The summed E-state index contributed by atoms with van der Waals surface area (Å²) in [4.78, 5) is 13.7. The van der Waals surface area contributed by atoms with Crippen LogP contribution in [-0.4, -0.2) is 19.5 Å². The lowest BCUT2D eigenvalue weighted by molar-refractivity contribution is -0.119. The lowest BCUT2D eigenvalue weighted by Gasteiger charge is -2.32. The van der Waals surface area contributed by atoms with E-state index in [0.29, 0.717) is 6.42 Å². The molecule has 0 saturated carbocycles. The van der Waals surface area contributed by atoms with Gasteiger partial charge in [0.2, 0.25) is 5.91 Å². The van der Waals surface area contributed by atoms with Crippen LogP contribution in [0.3, 0.4) is 0 Å². The maximum Gasteiger partial charge on any atom is 0.228 e. The highest BCUT2D eigenvalue weighted by Gasteiger charge is 2.28. The molecular weight excluding hydrogens is 224 g/mol. The van der Waals surface area contributed by atoms with E-state index in [4.69, 9.17) is 0 Å². The highest BCUT2D eigenvalue weighted by molar-refractivity contribution is 5.96. The van der Waals surface area contributed by atoms with E-state index in [1.165, 1.54) is 24.8 Å². The number of rotatable bonds is 5. The van der Waals surface area contributed by atoms with E-state index in [9.17, 15) is 4.79 Å². The van der Waals surface area contributed by atoms with Gasteiger partial charge in [0.05, 0.1) is 0 Å². The number of hydrogen-bond donors (Lipinski definition) is 1. The van der Waals surface area contributed by atoms with Crippen molar-refractivity contribution in [1.82, 2.24) is 5.32 Å². The van der Waals surface area contributed by atoms with Crippen LogP contribution in [0.5, 0.6) is 0 Å². The standard InChI is InChI=1S/C15H22N2O/c1-3-4-7-10-16-13-11-15(18)17(2)14-9-6-5-8-12(13)14/h5-6,8-9,13,16H,3-4,7,10-11H2,1-2H3. The zero-order chi connectivity index (χ0) is 13.0. The lowest BCUT2D eigenvalue weighted by Crippen LogP contribution is -2.38. The summed E-state index contributed by atoms with van der Waals surface area (Å²) in [6, 6.07) is 8.36. The van der Waals surface area contributed by atoms with Crippen molar-refractivity contribution in [2.75, 3.05) is 18.5 Å². The molecule has 0 aliphatic carbocycles. The minimum Gasteiger partial charge on any atom is -0.315 e. The molecule has 0 bridgehead atoms. The van der Waals surface area contributed by atoms with Gasteiger partial charge < -0.3 is 10.2 Å². The van der Waals surface area contributed by atoms with Gasteiger partial charge in [-0.25, -0.2) is 0 Å². The number of fused-ring (bicyclic) bond motifs is 1. The quantitative estimate of drug-likeness (QED) is 0.810. The summed E-state index contributed by atoms with van der Waals surface area (Å²) < 4.78 is 0. The van der Waals surface area contributed by atoms with Gasteiger partial charge in [-0.15, -0.1) is 0 Å². The summed E-state index contributed by atoms with van der Waals surface area (Å²) >= 11 is 0. The minimum atomic E-state index is 0.182. The molecule has 18 heavy (non-hydrogen) atoms. The predicted molar refractivity (Wildman–Crippen MR) is 74.7 cm³/mol. The Balaban J connectivity index is 2.07. The molecule has 0 aromatic heterocycles. The van der Waals surface area contributed by atoms with Crippen molar-refractivity contribution in [2.45, 2.75) is 38.6 Å². The Kier molecular flexibility index (Phi) is 4.37. The first-order chi connectivity index (χ1) is 8.74. The molecule has 0 spiro atoms. The largest absolute Gasteiger partial charge is 0.315 e. The SMILES string of the molecule is CCCCCNC1CC(=O)N(C)c2ccccc21. The Morgan fingerprint density at radius 2 is 2.11 bits per heavy atom. The van der Waals surface area contributed by atoms with Gasteiger partial charge in [0.15, 0.2) is 0 Å². The molecule has 1 aromatic rings. The third-order valence-corrected chi connectivity index (χ3v) is 3.60. The average Bonchev–Trinajstić information content (AvgIpc) is 2.40. The second kappa shape index (κ2) is 6.01. The second-order valence-electron chi connectivity index (χ2n) is 4.93. The first-order valence-corrected chi connectivity index (χ1v) is 6.83. The van der Waals surface area contributed by atoms with Crippen LogP contribution in [-0.2, 0) is 4.79 Å². The van der Waals surface area contributed by atoms with Gasteiger partial charge in [0.1, 0.15) is 0 Å². The fourth-order valence-corrected chi connectivity index (χ4v) is 2.48. The molecule has 1 aliphatic rings. The first kappa shape index (κ1) is 13.1. The molecule has 0 saturated heterocycles. The van der Waals surface area contributed by atoms with Crippen molar-refractivity contribution >= 4 is 11.6 Å². The van der Waals surface area contributed by atoms with E-state index in [2.05, 4.69) is 18.3 Å². The number of benzene rings is 1. The number of carbonyl (C=O) groups excluding carboxylic acids is 1. The van der Waals surface area contributed by atoms with Crippen LogP contribution in [0.25, 0.3) is 0 Å². The van der Waals surface area contributed by atoms with E-state index in [1.54, 1.807) is 4.90 Å². The highest BCUT2D eigenvalue weighted by atomic mass is 16.2. The number of amides is 1. The Morgan fingerprint density at radius 3 is 2.89 bits per heavy atom. The Hall–Kier alpha value is -1.35. The summed E-state index contributed by atoms with van der Waals surface area (Å²) in [5.74, 6) is 0.196. The van der Waals surface area contributed by atoms with Crippen molar-refractivity contribution in [3.8, 4) is 0 Å². The second-order valence-corrected chi connectivity index (χ2v) is 4.93. The summed E-state index contributed by atoms with van der Waals surface area (Å²) in [5.41, 5.74) is 2.29. The van der Waals surface area contributed by atoms with Gasteiger partial charge in [0, 0.05) is 25.2 Å². The van der Waals surface area contributed by atoms with E-state index < -0.39 is 0 Å². The van der Waals surface area contributed by atoms with Gasteiger partial charge in [-0.1, -0.05) is 38.0 Å². The van der Waals surface area contributed by atoms with Gasteiger partial charge in [0.25, 0.3) is 0 Å². The summed E-state index contributed by atoms with van der Waals surface area (Å²) in [6.45, 7) is 3.19. The van der Waals surface area contributed by atoms with Gasteiger partial charge in [-0.2, -0.15) is 0 Å². The van der Waals surface area contributed by atoms with E-state index in [-0.39, 0.29) is 11.9 Å². The molecule has 1 N–H and O–H groups in total. The number of nitrogens with one attached hydrogen (secondary N) is 1. The van der Waals surface area contributed by atoms with Crippen molar-refractivity contribution in [3.63, 3.8) is 0 Å². The third-order valence-electron chi connectivity index (χ3n) is 3.60. The van der Waals surface area contributed by atoms with E-state index in [0.717, 1.165) is 12.2 Å². The van der Waals surface area contributed by atoms with E-state index >= 15 is 0 Å². The maximum atomic E-state index is 11.9. The minimum absolute atomic E-state index is 0.182. The molecule has 1 amide bonds. The summed E-state index contributed by atoms with van der Waals surface area (Å²) in [5, 5.41) is 3.52.